The van der Waals surface area contributed by atoms with Gasteiger partial charge in [0.2, 0.25) is 0 Å². The summed E-state index contributed by atoms with van der Waals surface area (Å²) in [5.74, 6) is -0.535. The molecule has 26 heavy (non-hydrogen) atoms. The van der Waals surface area contributed by atoms with Gasteiger partial charge in [0.05, 0.1) is 16.9 Å². The Kier molecular flexibility index (Phi) is 5.36. The molecule has 8 heteroatoms. The number of rotatable bonds is 3. The molecule has 1 N–H and O–H groups in total. The molecule has 0 saturated carbocycles. The van der Waals surface area contributed by atoms with Crippen LogP contribution in [-0.2, 0) is 6.18 Å². The van der Waals surface area contributed by atoms with Gasteiger partial charge in [-0.2, -0.15) is 13.2 Å². The van der Waals surface area contributed by atoms with Gasteiger partial charge in [0.25, 0.3) is 5.91 Å². The molecule has 1 aliphatic rings. The molecule has 0 bridgehead atoms. The van der Waals surface area contributed by atoms with Crippen LogP contribution in [0.25, 0.3) is 0 Å². The third kappa shape index (κ3) is 4.27. The monoisotopic (exact) mass is 383 g/mol. The number of carbonyl (C=O) groups is 1. The second kappa shape index (κ2) is 7.53. The number of pyridine rings is 1. The van der Waals surface area contributed by atoms with Crippen LogP contribution in [0.3, 0.4) is 0 Å². The van der Waals surface area contributed by atoms with Gasteiger partial charge in [-0.25, -0.2) is 4.98 Å². The Morgan fingerprint density at radius 1 is 1.12 bits per heavy atom. The first-order chi connectivity index (χ1) is 12.3. The van der Waals surface area contributed by atoms with Crippen molar-refractivity contribution in [3.8, 4) is 0 Å². The van der Waals surface area contributed by atoms with Crippen molar-refractivity contribution < 1.29 is 18.0 Å². The summed E-state index contributed by atoms with van der Waals surface area (Å²) >= 11 is 5.78. The summed E-state index contributed by atoms with van der Waals surface area (Å²) in [6, 6.07) is 6.26. The zero-order valence-electron chi connectivity index (χ0n) is 13.8. The minimum absolute atomic E-state index is 0.137. The zero-order chi connectivity index (χ0) is 18.7. The van der Waals surface area contributed by atoms with Crippen molar-refractivity contribution in [2.45, 2.75) is 25.4 Å². The van der Waals surface area contributed by atoms with Gasteiger partial charge in [-0.05, 0) is 49.6 Å². The highest BCUT2D eigenvalue weighted by Gasteiger charge is 2.32. The number of nitrogens with one attached hydrogen (secondary N) is 1. The molecule has 0 spiro atoms. The van der Waals surface area contributed by atoms with E-state index in [9.17, 15) is 18.0 Å². The molecule has 1 saturated heterocycles. The number of hydrogen-bond donors (Lipinski definition) is 1. The van der Waals surface area contributed by atoms with Crippen LogP contribution >= 0.6 is 11.6 Å². The van der Waals surface area contributed by atoms with E-state index in [0.717, 1.165) is 44.5 Å². The summed E-state index contributed by atoms with van der Waals surface area (Å²) in [4.78, 5) is 18.3. The van der Waals surface area contributed by atoms with E-state index in [1.54, 1.807) is 0 Å². The summed E-state index contributed by atoms with van der Waals surface area (Å²) < 4.78 is 39.3. The lowest BCUT2D eigenvalue weighted by atomic mass is 10.1. The highest BCUT2D eigenvalue weighted by atomic mass is 35.5. The van der Waals surface area contributed by atoms with Crippen molar-refractivity contribution in [3.63, 3.8) is 0 Å². The smallest absolute Gasteiger partial charge is 0.370 e. The van der Waals surface area contributed by atoms with Crippen molar-refractivity contribution in [2.75, 3.05) is 23.3 Å². The average Bonchev–Trinajstić information content (AvgIpc) is 2.61. The number of alkyl halides is 3. The predicted molar refractivity (Wildman–Crippen MR) is 94.7 cm³/mol. The number of piperidine rings is 1. The largest absolute Gasteiger partial charge is 0.416 e. The molecule has 0 aliphatic carbocycles. The SMILES string of the molecule is O=C(Nc1cc(C(F)(F)F)ccc1N1CCCCC1)c1ccnc(Cl)c1. The van der Waals surface area contributed by atoms with E-state index in [-0.39, 0.29) is 16.4 Å². The van der Waals surface area contributed by atoms with Gasteiger partial charge < -0.3 is 10.2 Å². The molecule has 1 amide bonds. The summed E-state index contributed by atoms with van der Waals surface area (Å²) in [6.07, 6.45) is -0.0914. The second-order valence-electron chi connectivity index (χ2n) is 6.10. The van der Waals surface area contributed by atoms with E-state index in [1.807, 2.05) is 4.90 Å². The molecule has 4 nitrogen and oxygen atoms in total. The maximum Gasteiger partial charge on any atom is 0.416 e. The molecule has 138 valence electrons. The van der Waals surface area contributed by atoms with Crippen molar-refractivity contribution in [3.05, 3.63) is 52.8 Å². The van der Waals surface area contributed by atoms with E-state index in [4.69, 9.17) is 11.6 Å². The number of aromatic nitrogens is 1. The molecule has 2 aromatic rings. The number of anilines is 2. The van der Waals surface area contributed by atoms with E-state index in [1.165, 1.54) is 24.4 Å². The first-order valence-corrected chi connectivity index (χ1v) is 8.61. The standard InChI is InChI=1S/C18H17ClF3N3O/c19-16-10-12(6-7-23-16)17(26)24-14-11-13(18(20,21)22)4-5-15(14)25-8-2-1-3-9-25/h4-7,10-11H,1-3,8-9H2,(H,24,26). The van der Waals surface area contributed by atoms with E-state index < -0.39 is 17.6 Å². The number of halogens is 4. The summed E-state index contributed by atoms with van der Waals surface area (Å²) in [5.41, 5.74) is 0.152. The van der Waals surface area contributed by atoms with Gasteiger partial charge in [-0.15, -0.1) is 0 Å². The maximum atomic E-state index is 13.1. The van der Waals surface area contributed by atoms with Crippen LogP contribution in [-0.4, -0.2) is 24.0 Å². The zero-order valence-corrected chi connectivity index (χ0v) is 14.6. The topological polar surface area (TPSA) is 45.2 Å². The lowest BCUT2D eigenvalue weighted by molar-refractivity contribution is -0.137. The molecule has 1 aromatic heterocycles. The van der Waals surface area contributed by atoms with Crippen LogP contribution in [0, 0.1) is 0 Å². The fraction of sp³-hybridized carbons (Fsp3) is 0.333. The third-order valence-electron chi connectivity index (χ3n) is 4.26. The predicted octanol–water partition coefficient (Wildman–Crippen LogP) is 5.00. The van der Waals surface area contributed by atoms with Crippen LogP contribution in [0.15, 0.2) is 36.5 Å². The first-order valence-electron chi connectivity index (χ1n) is 8.24. The Hall–Kier alpha value is -2.28. The highest BCUT2D eigenvalue weighted by Crippen LogP contribution is 2.36. The van der Waals surface area contributed by atoms with Crippen molar-refractivity contribution in [1.82, 2.24) is 4.98 Å². The van der Waals surface area contributed by atoms with Crippen LogP contribution in [0.1, 0.15) is 35.2 Å². The van der Waals surface area contributed by atoms with Gasteiger partial charge in [0, 0.05) is 24.8 Å². The van der Waals surface area contributed by atoms with Gasteiger partial charge in [-0.1, -0.05) is 11.6 Å². The van der Waals surface area contributed by atoms with Crippen molar-refractivity contribution in [2.24, 2.45) is 0 Å². The molecule has 0 unspecified atom stereocenters. The third-order valence-corrected chi connectivity index (χ3v) is 4.46. The van der Waals surface area contributed by atoms with Crippen molar-refractivity contribution in [1.29, 1.82) is 0 Å². The van der Waals surface area contributed by atoms with Crippen LogP contribution in [0.2, 0.25) is 5.15 Å². The minimum Gasteiger partial charge on any atom is -0.370 e. The fourth-order valence-electron chi connectivity index (χ4n) is 2.96. The van der Waals surface area contributed by atoms with Gasteiger partial charge in [0.15, 0.2) is 0 Å². The maximum absolute atomic E-state index is 13.1. The Balaban J connectivity index is 1.94. The van der Waals surface area contributed by atoms with E-state index >= 15 is 0 Å². The highest BCUT2D eigenvalue weighted by molar-refractivity contribution is 6.29. The van der Waals surface area contributed by atoms with E-state index in [2.05, 4.69) is 10.3 Å². The van der Waals surface area contributed by atoms with Crippen LogP contribution in [0.4, 0.5) is 24.5 Å². The fourth-order valence-corrected chi connectivity index (χ4v) is 3.14. The number of hydrogen-bond acceptors (Lipinski definition) is 3. The molecule has 1 fully saturated rings. The van der Waals surface area contributed by atoms with Crippen molar-refractivity contribution >= 4 is 28.9 Å². The van der Waals surface area contributed by atoms with Gasteiger partial charge in [0.1, 0.15) is 5.15 Å². The van der Waals surface area contributed by atoms with Crippen LogP contribution in [0.5, 0.6) is 0 Å². The van der Waals surface area contributed by atoms with Gasteiger partial charge >= 0.3 is 6.18 Å². The molecule has 3 rings (SSSR count). The molecule has 1 aromatic carbocycles. The second-order valence-corrected chi connectivity index (χ2v) is 6.49. The van der Waals surface area contributed by atoms with Crippen LogP contribution < -0.4 is 10.2 Å². The molecular weight excluding hydrogens is 367 g/mol. The lowest BCUT2D eigenvalue weighted by Crippen LogP contribution is -2.30. The van der Waals surface area contributed by atoms with Gasteiger partial charge in [-0.3, -0.25) is 4.79 Å². The first kappa shape index (κ1) is 18.5. The minimum atomic E-state index is -4.49. The molecule has 0 radical (unpaired) electrons. The lowest BCUT2D eigenvalue weighted by Gasteiger charge is -2.31. The molecule has 0 atom stereocenters. The number of amides is 1. The Morgan fingerprint density at radius 3 is 2.50 bits per heavy atom. The molecule has 1 aliphatic heterocycles. The Bertz CT molecular complexity index is 805. The summed E-state index contributed by atoms with van der Waals surface area (Å²) in [7, 11) is 0. The quantitative estimate of drug-likeness (QED) is 0.759. The number of nitrogens with zero attached hydrogens (tertiary/aromatic N) is 2. The number of benzene rings is 1. The summed E-state index contributed by atoms with van der Waals surface area (Å²) in [5, 5.41) is 2.73. The van der Waals surface area contributed by atoms with E-state index in [0.29, 0.717) is 5.69 Å². The Labute approximate surface area is 154 Å². The molecular formula is C18H17ClF3N3O. The summed E-state index contributed by atoms with van der Waals surface area (Å²) in [6.45, 7) is 1.49. The normalized spacial score (nSPS) is 15.0. The Morgan fingerprint density at radius 2 is 1.85 bits per heavy atom. The number of carbonyl (C=O) groups excluding carboxylic acids is 1. The molecule has 2 heterocycles. The average molecular weight is 384 g/mol.